The van der Waals surface area contributed by atoms with Crippen molar-refractivity contribution < 1.29 is 9.47 Å². The number of hydrogen-bond donors (Lipinski definition) is 0. The van der Waals surface area contributed by atoms with Crippen LogP contribution >= 0.6 is 0 Å². The third-order valence-corrected chi connectivity index (χ3v) is 5.79. The van der Waals surface area contributed by atoms with E-state index in [1.165, 1.54) is 16.7 Å². The first kappa shape index (κ1) is 19.1. The maximum Gasteiger partial charge on any atom is 0.104 e. The van der Waals surface area contributed by atoms with Crippen molar-refractivity contribution in [1.82, 2.24) is 0 Å². The van der Waals surface area contributed by atoms with Crippen LogP contribution in [0.15, 0.2) is 54.6 Å². The highest BCUT2D eigenvalue weighted by atomic mass is 16.6. The molecular formula is C24H32O2. The summed E-state index contributed by atoms with van der Waals surface area (Å²) in [5.41, 5.74) is 4.34. The summed E-state index contributed by atoms with van der Waals surface area (Å²) in [6, 6.07) is 19.9. The van der Waals surface area contributed by atoms with Gasteiger partial charge in [0, 0.05) is 0 Å². The molecule has 0 amide bonds. The van der Waals surface area contributed by atoms with Crippen LogP contribution in [0, 0.1) is 0 Å². The zero-order valence-corrected chi connectivity index (χ0v) is 16.6. The van der Waals surface area contributed by atoms with Crippen LogP contribution in [-0.4, -0.2) is 19.3 Å². The Hall–Kier alpha value is -1.64. The van der Waals surface area contributed by atoms with E-state index in [1.54, 1.807) is 0 Å². The van der Waals surface area contributed by atoms with E-state index in [2.05, 4.69) is 82.3 Å². The Morgan fingerprint density at radius 2 is 1.62 bits per heavy atom. The van der Waals surface area contributed by atoms with Gasteiger partial charge in [0.25, 0.3) is 0 Å². The lowest BCUT2D eigenvalue weighted by Crippen LogP contribution is -2.31. The van der Waals surface area contributed by atoms with Gasteiger partial charge in [0.05, 0.1) is 19.8 Å². The summed E-state index contributed by atoms with van der Waals surface area (Å²) in [6.07, 6.45) is 2.59. The molecule has 140 valence electrons. The maximum atomic E-state index is 5.70. The van der Waals surface area contributed by atoms with E-state index in [4.69, 9.17) is 9.47 Å². The van der Waals surface area contributed by atoms with Crippen LogP contribution in [0.3, 0.4) is 0 Å². The molecule has 2 aromatic rings. The average Bonchev–Trinajstić information content (AvgIpc) is 3.47. The molecule has 2 atom stereocenters. The Labute approximate surface area is 158 Å². The standard InChI is InChI=1S/C24H32O2/c1-5-24(4,21-9-7-6-8-10-21)18-23(2,3)20-13-11-19(12-14-20)15-25-16-22-17-26-22/h6-14,22H,5,15-18H2,1-4H3. The predicted octanol–water partition coefficient (Wildman–Crippen LogP) is 5.64. The molecule has 1 fully saturated rings. The zero-order valence-electron chi connectivity index (χ0n) is 16.6. The fraction of sp³-hybridized carbons (Fsp3) is 0.500. The van der Waals surface area contributed by atoms with Crippen LogP contribution in [0.5, 0.6) is 0 Å². The summed E-state index contributed by atoms with van der Waals surface area (Å²) in [7, 11) is 0. The monoisotopic (exact) mass is 352 g/mol. The first-order valence-corrected chi connectivity index (χ1v) is 9.77. The highest BCUT2D eigenvalue weighted by Crippen LogP contribution is 2.41. The van der Waals surface area contributed by atoms with Gasteiger partial charge < -0.3 is 9.47 Å². The molecule has 0 bridgehead atoms. The van der Waals surface area contributed by atoms with Gasteiger partial charge in [-0.1, -0.05) is 82.3 Å². The van der Waals surface area contributed by atoms with Crippen LogP contribution in [0.2, 0.25) is 0 Å². The molecule has 0 radical (unpaired) electrons. The molecule has 26 heavy (non-hydrogen) atoms. The number of ether oxygens (including phenoxy) is 2. The molecule has 1 aliphatic heterocycles. The normalized spacial score (nSPS) is 19.2. The van der Waals surface area contributed by atoms with Crippen molar-refractivity contribution in [1.29, 1.82) is 0 Å². The fourth-order valence-corrected chi connectivity index (χ4v) is 3.87. The summed E-state index contributed by atoms with van der Waals surface area (Å²) < 4.78 is 10.9. The number of hydrogen-bond acceptors (Lipinski definition) is 2. The molecule has 1 aliphatic rings. The molecule has 2 nitrogen and oxygen atoms in total. The van der Waals surface area contributed by atoms with Gasteiger partial charge in [-0.2, -0.15) is 0 Å². The maximum absolute atomic E-state index is 5.70. The minimum atomic E-state index is 0.113. The van der Waals surface area contributed by atoms with E-state index in [-0.39, 0.29) is 10.8 Å². The van der Waals surface area contributed by atoms with Gasteiger partial charge in [0.2, 0.25) is 0 Å². The molecular weight excluding hydrogens is 320 g/mol. The van der Waals surface area contributed by atoms with Crippen molar-refractivity contribution in [3.05, 3.63) is 71.3 Å². The van der Waals surface area contributed by atoms with Crippen molar-refractivity contribution in [2.45, 2.75) is 64.1 Å². The lowest BCUT2D eigenvalue weighted by atomic mass is 9.66. The van der Waals surface area contributed by atoms with Crippen molar-refractivity contribution in [2.75, 3.05) is 13.2 Å². The van der Waals surface area contributed by atoms with Gasteiger partial charge in [-0.15, -0.1) is 0 Å². The number of benzene rings is 2. The van der Waals surface area contributed by atoms with E-state index in [0.717, 1.165) is 19.4 Å². The molecule has 2 aromatic carbocycles. The first-order valence-electron chi connectivity index (χ1n) is 9.77. The molecule has 0 saturated carbocycles. The summed E-state index contributed by atoms with van der Waals surface area (Å²) in [6.45, 7) is 11.6. The molecule has 3 rings (SSSR count). The predicted molar refractivity (Wildman–Crippen MR) is 108 cm³/mol. The van der Waals surface area contributed by atoms with Crippen LogP contribution in [0.25, 0.3) is 0 Å². The Morgan fingerprint density at radius 3 is 2.19 bits per heavy atom. The summed E-state index contributed by atoms with van der Waals surface area (Å²) in [5, 5.41) is 0. The third kappa shape index (κ3) is 4.75. The summed E-state index contributed by atoms with van der Waals surface area (Å²) in [5.74, 6) is 0. The largest absolute Gasteiger partial charge is 0.374 e. The molecule has 2 heteroatoms. The second-order valence-electron chi connectivity index (χ2n) is 8.51. The minimum Gasteiger partial charge on any atom is -0.374 e. The van der Waals surface area contributed by atoms with E-state index < -0.39 is 0 Å². The Balaban J connectivity index is 1.67. The van der Waals surface area contributed by atoms with Crippen molar-refractivity contribution >= 4 is 0 Å². The zero-order chi connectivity index (χ0) is 18.6. The number of epoxide rings is 1. The summed E-state index contributed by atoms with van der Waals surface area (Å²) >= 11 is 0. The van der Waals surface area contributed by atoms with Gasteiger partial charge in [-0.3, -0.25) is 0 Å². The van der Waals surface area contributed by atoms with Gasteiger partial charge in [-0.25, -0.2) is 0 Å². The molecule has 0 aliphatic carbocycles. The highest BCUT2D eigenvalue weighted by molar-refractivity contribution is 5.31. The molecule has 1 saturated heterocycles. The first-order chi connectivity index (χ1) is 12.4. The van der Waals surface area contributed by atoms with Crippen LogP contribution < -0.4 is 0 Å². The second kappa shape index (κ2) is 7.94. The SMILES string of the molecule is CCC(C)(CC(C)(C)c1ccc(COCC2CO2)cc1)c1ccccc1. The van der Waals surface area contributed by atoms with Crippen LogP contribution in [-0.2, 0) is 26.9 Å². The van der Waals surface area contributed by atoms with Gasteiger partial charge in [0.15, 0.2) is 0 Å². The molecule has 0 aromatic heterocycles. The van der Waals surface area contributed by atoms with Crippen LogP contribution in [0.4, 0.5) is 0 Å². The van der Waals surface area contributed by atoms with Crippen molar-refractivity contribution in [2.24, 2.45) is 0 Å². The lowest BCUT2D eigenvalue weighted by Gasteiger charge is -2.38. The molecule has 2 unspecified atom stereocenters. The molecule has 0 spiro atoms. The quantitative estimate of drug-likeness (QED) is 0.545. The van der Waals surface area contributed by atoms with Gasteiger partial charge >= 0.3 is 0 Å². The Morgan fingerprint density at radius 1 is 0.962 bits per heavy atom. The minimum absolute atomic E-state index is 0.113. The van der Waals surface area contributed by atoms with E-state index in [1.807, 2.05) is 0 Å². The molecule has 1 heterocycles. The van der Waals surface area contributed by atoms with Crippen molar-refractivity contribution in [3.8, 4) is 0 Å². The van der Waals surface area contributed by atoms with E-state index in [0.29, 0.717) is 19.3 Å². The topological polar surface area (TPSA) is 21.8 Å². The van der Waals surface area contributed by atoms with Crippen molar-refractivity contribution in [3.63, 3.8) is 0 Å². The van der Waals surface area contributed by atoms with E-state index >= 15 is 0 Å². The van der Waals surface area contributed by atoms with E-state index in [9.17, 15) is 0 Å². The number of rotatable bonds is 9. The lowest BCUT2D eigenvalue weighted by molar-refractivity contribution is 0.104. The molecule has 0 N–H and O–H groups in total. The average molecular weight is 353 g/mol. The third-order valence-electron chi connectivity index (χ3n) is 5.79. The van der Waals surface area contributed by atoms with Gasteiger partial charge in [0.1, 0.15) is 6.10 Å². The smallest absolute Gasteiger partial charge is 0.104 e. The van der Waals surface area contributed by atoms with Crippen LogP contribution in [0.1, 0.15) is 57.2 Å². The second-order valence-corrected chi connectivity index (χ2v) is 8.51. The van der Waals surface area contributed by atoms with Gasteiger partial charge in [-0.05, 0) is 40.4 Å². The Kier molecular flexibility index (Phi) is 5.84. The summed E-state index contributed by atoms with van der Waals surface area (Å²) in [4.78, 5) is 0. The highest BCUT2D eigenvalue weighted by Gasteiger charge is 2.33. The fourth-order valence-electron chi connectivity index (χ4n) is 3.87. The Bertz CT molecular complexity index is 686.